The molecule has 3 nitrogen and oxygen atoms in total. The zero-order valence-corrected chi connectivity index (χ0v) is 14.2. The Balaban J connectivity index is 2.81. The predicted octanol–water partition coefficient (Wildman–Crippen LogP) is 4.78. The molecule has 2 atom stereocenters. The molecule has 3 heteroatoms. The number of carbonyl (C=O) groups excluding carboxylic acids is 1. The van der Waals surface area contributed by atoms with E-state index in [0.717, 1.165) is 18.4 Å². The van der Waals surface area contributed by atoms with Crippen molar-refractivity contribution in [3.8, 4) is 0 Å². The third kappa shape index (κ3) is 5.22. The molecule has 0 spiro atoms. The molecule has 0 saturated heterocycles. The van der Waals surface area contributed by atoms with E-state index in [1.54, 1.807) is 0 Å². The first-order valence-electron chi connectivity index (χ1n) is 8.18. The molecule has 0 N–H and O–H groups in total. The van der Waals surface area contributed by atoms with E-state index in [1.165, 1.54) is 38.9 Å². The van der Waals surface area contributed by atoms with Gasteiger partial charge in [-0.1, -0.05) is 46.5 Å². The van der Waals surface area contributed by atoms with Gasteiger partial charge in [-0.25, -0.2) is 4.79 Å². The van der Waals surface area contributed by atoms with E-state index in [0.29, 0.717) is 11.7 Å². The summed E-state index contributed by atoms with van der Waals surface area (Å²) in [5.41, 5.74) is 0.813. The zero-order valence-electron chi connectivity index (χ0n) is 14.2. The lowest BCUT2D eigenvalue weighted by atomic mass is 9.86. The standard InChI is InChI=1S/C18H30O3/c1-6-9-10-14(7-2)12-18(4)13-15(8-3)16(21-18)11-17(19)20-5/h11,13-14H,6-10,12H2,1-5H3/b16-11-/t14-,18+/m0/s1. The van der Waals surface area contributed by atoms with Gasteiger partial charge >= 0.3 is 5.97 Å². The van der Waals surface area contributed by atoms with Crippen molar-refractivity contribution in [2.24, 2.45) is 5.92 Å². The summed E-state index contributed by atoms with van der Waals surface area (Å²) in [5, 5.41) is 0. The quantitative estimate of drug-likeness (QED) is 0.477. The molecular formula is C18H30O3. The van der Waals surface area contributed by atoms with E-state index in [1.807, 2.05) is 0 Å². The van der Waals surface area contributed by atoms with Crippen molar-refractivity contribution in [3.05, 3.63) is 23.5 Å². The third-order valence-electron chi connectivity index (χ3n) is 4.21. The van der Waals surface area contributed by atoms with Crippen LogP contribution in [-0.2, 0) is 14.3 Å². The molecule has 21 heavy (non-hydrogen) atoms. The van der Waals surface area contributed by atoms with Gasteiger partial charge in [0.25, 0.3) is 0 Å². The van der Waals surface area contributed by atoms with Gasteiger partial charge in [-0.3, -0.25) is 0 Å². The first kappa shape index (κ1) is 17.8. The van der Waals surface area contributed by atoms with E-state index in [9.17, 15) is 4.79 Å². The Morgan fingerprint density at radius 2 is 2.14 bits per heavy atom. The minimum Gasteiger partial charge on any atom is -0.483 e. The lowest BCUT2D eigenvalue weighted by Gasteiger charge is -2.28. The molecule has 0 radical (unpaired) electrons. The Hall–Kier alpha value is -1.25. The topological polar surface area (TPSA) is 35.5 Å². The van der Waals surface area contributed by atoms with Crippen LogP contribution in [0.2, 0.25) is 0 Å². The van der Waals surface area contributed by atoms with Gasteiger partial charge in [0.1, 0.15) is 11.4 Å². The highest BCUT2D eigenvalue weighted by atomic mass is 16.5. The lowest BCUT2D eigenvalue weighted by Crippen LogP contribution is -2.25. The van der Waals surface area contributed by atoms with Gasteiger partial charge < -0.3 is 9.47 Å². The van der Waals surface area contributed by atoms with Gasteiger partial charge in [0.2, 0.25) is 0 Å². The van der Waals surface area contributed by atoms with Crippen LogP contribution < -0.4 is 0 Å². The molecule has 0 bridgehead atoms. The summed E-state index contributed by atoms with van der Waals surface area (Å²) < 4.78 is 10.8. The maximum atomic E-state index is 11.5. The first-order valence-corrected chi connectivity index (χ1v) is 8.18. The number of rotatable bonds is 8. The second-order valence-electron chi connectivity index (χ2n) is 6.09. The predicted molar refractivity (Wildman–Crippen MR) is 85.9 cm³/mol. The van der Waals surface area contributed by atoms with Crippen LogP contribution in [0.4, 0.5) is 0 Å². The molecule has 0 unspecified atom stereocenters. The number of esters is 1. The van der Waals surface area contributed by atoms with Gasteiger partial charge in [0.15, 0.2) is 0 Å². The molecule has 0 fully saturated rings. The zero-order chi connectivity index (χ0) is 15.9. The number of allylic oxidation sites excluding steroid dienone is 1. The summed E-state index contributed by atoms with van der Waals surface area (Å²) in [7, 11) is 1.39. The molecule has 0 aromatic heterocycles. The Morgan fingerprint density at radius 1 is 1.43 bits per heavy atom. The van der Waals surface area contributed by atoms with Crippen molar-refractivity contribution in [3.63, 3.8) is 0 Å². The van der Waals surface area contributed by atoms with Gasteiger partial charge in [-0.2, -0.15) is 0 Å². The number of hydrogen-bond acceptors (Lipinski definition) is 3. The second kappa shape index (κ2) is 8.26. The minimum atomic E-state index is -0.355. The summed E-state index contributed by atoms with van der Waals surface area (Å²) in [5.74, 6) is 0.991. The average Bonchev–Trinajstić information content (AvgIpc) is 2.79. The highest BCUT2D eigenvalue weighted by molar-refractivity contribution is 5.83. The van der Waals surface area contributed by atoms with Crippen LogP contribution in [0, 0.1) is 5.92 Å². The smallest absolute Gasteiger partial charge is 0.334 e. The van der Waals surface area contributed by atoms with Gasteiger partial charge in [-0.15, -0.1) is 0 Å². The lowest BCUT2D eigenvalue weighted by molar-refractivity contribution is -0.135. The Bertz CT molecular complexity index is 409. The summed E-state index contributed by atoms with van der Waals surface area (Å²) in [6.45, 7) is 8.68. The number of hydrogen-bond donors (Lipinski definition) is 0. The second-order valence-corrected chi connectivity index (χ2v) is 6.09. The van der Waals surface area contributed by atoms with E-state index >= 15 is 0 Å². The molecule has 0 aromatic carbocycles. The van der Waals surface area contributed by atoms with Crippen molar-refractivity contribution in [1.82, 2.24) is 0 Å². The average molecular weight is 294 g/mol. The largest absolute Gasteiger partial charge is 0.483 e. The minimum absolute atomic E-state index is 0.292. The maximum Gasteiger partial charge on any atom is 0.334 e. The summed E-state index contributed by atoms with van der Waals surface area (Å²) in [4.78, 5) is 11.5. The fraction of sp³-hybridized carbons (Fsp3) is 0.722. The SMILES string of the molecule is CCCC[C@H](CC)C[C@]1(C)C=C(CC)/C(=C/C(=O)OC)O1. The molecule has 0 amide bonds. The Labute approximate surface area is 129 Å². The first-order chi connectivity index (χ1) is 9.97. The van der Waals surface area contributed by atoms with Gasteiger partial charge in [0.05, 0.1) is 13.2 Å². The van der Waals surface area contributed by atoms with E-state index in [2.05, 4.69) is 33.8 Å². The van der Waals surface area contributed by atoms with E-state index in [-0.39, 0.29) is 11.6 Å². The molecule has 120 valence electrons. The van der Waals surface area contributed by atoms with Crippen LogP contribution >= 0.6 is 0 Å². The highest BCUT2D eigenvalue weighted by Crippen LogP contribution is 2.39. The molecule has 1 aliphatic rings. The van der Waals surface area contributed by atoms with Crippen molar-refractivity contribution >= 4 is 5.97 Å². The number of ether oxygens (including phenoxy) is 2. The summed E-state index contributed by atoms with van der Waals surface area (Å²) in [6, 6.07) is 0. The summed E-state index contributed by atoms with van der Waals surface area (Å²) >= 11 is 0. The molecule has 1 heterocycles. The molecular weight excluding hydrogens is 264 g/mol. The van der Waals surface area contributed by atoms with Crippen LogP contribution in [0.3, 0.4) is 0 Å². The third-order valence-corrected chi connectivity index (χ3v) is 4.21. The van der Waals surface area contributed by atoms with Crippen LogP contribution in [0.15, 0.2) is 23.5 Å². The highest BCUT2D eigenvalue weighted by Gasteiger charge is 2.34. The van der Waals surface area contributed by atoms with Crippen molar-refractivity contribution in [2.75, 3.05) is 7.11 Å². The van der Waals surface area contributed by atoms with Gasteiger partial charge in [0, 0.05) is 0 Å². The fourth-order valence-corrected chi connectivity index (χ4v) is 2.97. The van der Waals surface area contributed by atoms with Gasteiger partial charge in [-0.05, 0) is 37.3 Å². The van der Waals surface area contributed by atoms with Crippen LogP contribution in [0.5, 0.6) is 0 Å². The Morgan fingerprint density at radius 3 is 2.67 bits per heavy atom. The molecule has 1 rings (SSSR count). The van der Waals surface area contributed by atoms with Crippen molar-refractivity contribution in [2.45, 2.75) is 71.8 Å². The molecule has 1 aliphatic heterocycles. The van der Waals surface area contributed by atoms with Crippen molar-refractivity contribution in [1.29, 1.82) is 0 Å². The van der Waals surface area contributed by atoms with Crippen LogP contribution in [0.1, 0.15) is 66.2 Å². The Kier molecular flexibility index (Phi) is 7.00. The summed E-state index contributed by atoms with van der Waals surface area (Å²) in [6.07, 6.45) is 10.4. The number of unbranched alkanes of at least 4 members (excludes halogenated alkanes) is 1. The number of carbonyl (C=O) groups is 1. The van der Waals surface area contributed by atoms with E-state index < -0.39 is 0 Å². The molecule has 0 aliphatic carbocycles. The maximum absolute atomic E-state index is 11.5. The van der Waals surface area contributed by atoms with Crippen LogP contribution in [0.25, 0.3) is 0 Å². The fourth-order valence-electron chi connectivity index (χ4n) is 2.97. The van der Waals surface area contributed by atoms with Crippen molar-refractivity contribution < 1.29 is 14.3 Å². The number of methoxy groups -OCH3 is 1. The van der Waals surface area contributed by atoms with Crippen LogP contribution in [-0.4, -0.2) is 18.7 Å². The molecule has 0 saturated carbocycles. The van der Waals surface area contributed by atoms with E-state index in [4.69, 9.17) is 9.47 Å². The molecule has 0 aromatic rings. The normalized spacial score (nSPS) is 24.6. The monoisotopic (exact) mass is 294 g/mol.